The van der Waals surface area contributed by atoms with Crippen LogP contribution in [0.4, 0.5) is 0 Å². The first kappa shape index (κ1) is 40.7. The molecule has 0 aromatic carbocycles. The van der Waals surface area contributed by atoms with E-state index in [1.165, 1.54) is 128 Å². The molecule has 1 saturated heterocycles. The first-order valence-electron chi connectivity index (χ1n) is 18.3. The summed E-state index contributed by atoms with van der Waals surface area (Å²) < 4.78 is 17.8. The minimum Gasteiger partial charge on any atom is -0.477 e. The maximum absolute atomic E-state index is 10.8. The smallest absolute Gasteiger partial charge is 0.167 e. The lowest BCUT2D eigenvalue weighted by Gasteiger charge is -2.39. The monoisotopic (exact) mass is 644 g/mol. The van der Waals surface area contributed by atoms with Crippen LogP contribution in [0.1, 0.15) is 181 Å². The van der Waals surface area contributed by atoms with Gasteiger partial charge in [0, 0.05) is 12.8 Å². The van der Waals surface area contributed by atoms with Crippen molar-refractivity contribution >= 4 is 34.5 Å². The number of aliphatic hydroxyl groups excluding tert-OH is 2. The van der Waals surface area contributed by atoms with E-state index in [4.69, 9.17) is 38.6 Å². The Balaban J connectivity index is 2.21. The van der Waals surface area contributed by atoms with Gasteiger partial charge in [-0.05, 0) is 37.3 Å². The lowest BCUT2D eigenvalue weighted by Crippen LogP contribution is -2.56. The molecule has 0 spiro atoms. The van der Waals surface area contributed by atoms with Crippen LogP contribution >= 0.6 is 24.4 Å². The highest BCUT2D eigenvalue weighted by Gasteiger charge is 2.43. The molecule has 1 aliphatic heterocycles. The van der Waals surface area contributed by atoms with Crippen LogP contribution < -0.4 is 0 Å². The van der Waals surface area contributed by atoms with Gasteiger partial charge < -0.3 is 24.4 Å². The molecule has 7 heteroatoms. The molecule has 2 N–H and O–H groups in total. The molecule has 254 valence electrons. The van der Waals surface area contributed by atoms with E-state index in [1.807, 2.05) is 0 Å². The lowest BCUT2D eigenvalue weighted by atomic mass is 10.00. The predicted octanol–water partition coefficient (Wildman–Crippen LogP) is 10.3. The Morgan fingerprint density at radius 3 is 1.30 bits per heavy atom. The van der Waals surface area contributed by atoms with Gasteiger partial charge in [0.15, 0.2) is 22.3 Å². The molecule has 4 atom stereocenters. The first-order valence-corrected chi connectivity index (χ1v) is 19.1. The van der Waals surface area contributed by atoms with E-state index < -0.39 is 24.4 Å². The van der Waals surface area contributed by atoms with Crippen LogP contribution in [0.2, 0.25) is 0 Å². The molecule has 0 saturated carbocycles. The predicted molar refractivity (Wildman–Crippen MR) is 189 cm³/mol. The first-order chi connectivity index (χ1) is 21.0. The summed E-state index contributed by atoms with van der Waals surface area (Å²) >= 11 is 11.1. The zero-order valence-electron chi connectivity index (χ0n) is 28.0. The molecule has 1 heterocycles. The van der Waals surface area contributed by atoms with Gasteiger partial charge in [-0.25, -0.2) is 0 Å². The van der Waals surface area contributed by atoms with Crippen molar-refractivity contribution in [1.29, 1.82) is 0 Å². The minimum absolute atomic E-state index is 0.215. The molecule has 0 bridgehead atoms. The van der Waals surface area contributed by atoms with Crippen LogP contribution in [-0.4, -0.2) is 57.9 Å². The molecular formula is C36H68O5S2. The van der Waals surface area contributed by atoms with Gasteiger partial charge in [-0.3, -0.25) is 0 Å². The number of hydrogen-bond acceptors (Lipinski definition) is 7. The summed E-state index contributed by atoms with van der Waals surface area (Å²) in [6, 6.07) is 0. The number of aliphatic hydroxyl groups is 2. The molecular weight excluding hydrogens is 577 g/mol. The Labute approximate surface area is 276 Å². The standard InChI is InChI=1S/C36H68O5S2/c1-3-5-7-9-11-13-15-17-19-21-23-25-27-33(42)40-32-30-39-31(29-37)35(38)36(32)41-34(43)28-26-24-22-20-18-16-14-12-10-8-6-4-2/h31-32,35-38H,3-30H2,1-2H3/t31-,32+,35-,36-/m0/s1. The molecule has 43 heavy (non-hydrogen) atoms. The fourth-order valence-electron chi connectivity index (χ4n) is 5.91. The van der Waals surface area contributed by atoms with Crippen molar-refractivity contribution in [2.75, 3.05) is 13.2 Å². The quantitative estimate of drug-likeness (QED) is 0.0620. The lowest BCUT2D eigenvalue weighted by molar-refractivity contribution is -0.186. The Morgan fingerprint density at radius 1 is 0.581 bits per heavy atom. The third-order valence-corrected chi connectivity index (χ3v) is 9.36. The Bertz CT molecular complexity index is 662. The highest BCUT2D eigenvalue weighted by molar-refractivity contribution is 7.80. The Kier molecular flexibility index (Phi) is 27.5. The van der Waals surface area contributed by atoms with E-state index in [2.05, 4.69) is 13.8 Å². The molecule has 1 fully saturated rings. The number of hydrogen-bond donors (Lipinski definition) is 2. The maximum Gasteiger partial charge on any atom is 0.167 e. The van der Waals surface area contributed by atoms with E-state index in [-0.39, 0.29) is 13.2 Å². The average Bonchev–Trinajstić information content (AvgIpc) is 3.00. The largest absolute Gasteiger partial charge is 0.477 e. The number of unbranched alkanes of at least 4 members (excludes halogenated alkanes) is 22. The summed E-state index contributed by atoms with van der Waals surface area (Å²) in [4.78, 5) is 0. The van der Waals surface area contributed by atoms with Gasteiger partial charge in [0.1, 0.15) is 12.2 Å². The minimum atomic E-state index is -1.02. The van der Waals surface area contributed by atoms with Gasteiger partial charge in [-0.15, -0.1) is 0 Å². The normalized spacial score (nSPS) is 20.3. The van der Waals surface area contributed by atoms with Crippen LogP contribution in [0.25, 0.3) is 0 Å². The summed E-state index contributed by atoms with van der Waals surface area (Å²) in [6.07, 6.45) is 29.6. The second-order valence-electron chi connectivity index (χ2n) is 12.8. The summed E-state index contributed by atoms with van der Waals surface area (Å²) in [5.74, 6) is 0. The zero-order valence-corrected chi connectivity index (χ0v) is 29.7. The number of thiocarbonyl (C=S) groups is 2. The van der Waals surface area contributed by atoms with Gasteiger partial charge in [0.2, 0.25) is 0 Å². The van der Waals surface area contributed by atoms with Gasteiger partial charge in [-0.1, -0.05) is 155 Å². The second kappa shape index (κ2) is 29.1. The fourth-order valence-corrected chi connectivity index (χ4v) is 6.43. The summed E-state index contributed by atoms with van der Waals surface area (Å²) in [7, 11) is 0. The van der Waals surface area contributed by atoms with Crippen molar-refractivity contribution < 1.29 is 24.4 Å². The third-order valence-electron chi connectivity index (χ3n) is 8.76. The van der Waals surface area contributed by atoms with Crippen molar-refractivity contribution in [2.45, 2.75) is 205 Å². The van der Waals surface area contributed by atoms with Crippen molar-refractivity contribution in [1.82, 2.24) is 0 Å². The van der Waals surface area contributed by atoms with Crippen LogP contribution in [0.15, 0.2) is 0 Å². The topological polar surface area (TPSA) is 68.2 Å². The highest BCUT2D eigenvalue weighted by atomic mass is 32.1. The van der Waals surface area contributed by atoms with Crippen molar-refractivity contribution in [3.8, 4) is 0 Å². The van der Waals surface area contributed by atoms with Crippen LogP contribution in [0, 0.1) is 0 Å². The molecule has 1 aliphatic rings. The Morgan fingerprint density at radius 2 is 0.930 bits per heavy atom. The molecule has 0 aliphatic carbocycles. The van der Waals surface area contributed by atoms with Crippen molar-refractivity contribution in [3.05, 3.63) is 0 Å². The van der Waals surface area contributed by atoms with E-state index in [0.717, 1.165) is 32.1 Å². The fraction of sp³-hybridized carbons (Fsp3) is 0.944. The summed E-state index contributed by atoms with van der Waals surface area (Å²) in [5.41, 5.74) is 0. The summed E-state index contributed by atoms with van der Waals surface area (Å²) in [5, 5.41) is 21.5. The van der Waals surface area contributed by atoms with Crippen molar-refractivity contribution in [3.63, 3.8) is 0 Å². The summed E-state index contributed by atoms with van der Waals surface area (Å²) in [6.45, 7) is 4.47. The van der Waals surface area contributed by atoms with Crippen molar-refractivity contribution in [2.24, 2.45) is 0 Å². The Hall–Kier alpha value is -0.340. The molecule has 0 aromatic rings. The zero-order chi connectivity index (χ0) is 31.4. The molecule has 0 radical (unpaired) electrons. The number of ether oxygens (including phenoxy) is 3. The van der Waals surface area contributed by atoms with E-state index >= 15 is 0 Å². The van der Waals surface area contributed by atoms with Crippen LogP contribution in [0.5, 0.6) is 0 Å². The SMILES string of the molecule is CCCCCCCCCCCCCCC(=S)O[C@@H]1[C@@H](O)[C@H](CO)OC[C@H]1OC(=S)CCCCCCCCCCCCCC. The second-order valence-corrected chi connectivity index (χ2v) is 13.7. The molecule has 0 amide bonds. The van der Waals surface area contributed by atoms with E-state index in [1.54, 1.807) is 0 Å². The molecule has 0 aromatic heterocycles. The maximum atomic E-state index is 10.8. The molecule has 1 rings (SSSR count). The van der Waals surface area contributed by atoms with E-state index in [9.17, 15) is 10.2 Å². The molecule has 0 unspecified atom stereocenters. The van der Waals surface area contributed by atoms with E-state index in [0.29, 0.717) is 16.5 Å². The van der Waals surface area contributed by atoms with Gasteiger partial charge in [0.05, 0.1) is 13.2 Å². The van der Waals surface area contributed by atoms with Crippen LogP contribution in [0.3, 0.4) is 0 Å². The number of rotatable bonds is 29. The third kappa shape index (κ3) is 21.9. The average molecular weight is 645 g/mol. The van der Waals surface area contributed by atoms with Gasteiger partial charge in [-0.2, -0.15) is 0 Å². The van der Waals surface area contributed by atoms with Gasteiger partial charge >= 0.3 is 0 Å². The highest BCUT2D eigenvalue weighted by Crippen LogP contribution is 2.24. The van der Waals surface area contributed by atoms with Crippen LogP contribution in [-0.2, 0) is 14.2 Å². The molecule has 5 nitrogen and oxygen atoms in total. The van der Waals surface area contributed by atoms with Gasteiger partial charge in [0.25, 0.3) is 0 Å².